The predicted octanol–water partition coefficient (Wildman–Crippen LogP) is 2.15. The summed E-state index contributed by atoms with van der Waals surface area (Å²) in [5.41, 5.74) is 0. The van der Waals surface area contributed by atoms with E-state index in [2.05, 4.69) is 4.98 Å². The molecule has 72 valence electrons. The molecule has 0 bridgehead atoms. The molecule has 0 saturated heterocycles. The van der Waals surface area contributed by atoms with Crippen molar-refractivity contribution >= 4 is 23.2 Å². The normalized spacial score (nSPS) is 10.1. The molecule has 0 fully saturated rings. The van der Waals surface area contributed by atoms with E-state index in [0.29, 0.717) is 29.0 Å². The van der Waals surface area contributed by atoms with Crippen molar-refractivity contribution in [1.82, 2.24) is 4.98 Å². The maximum atomic E-state index is 8.50. The van der Waals surface area contributed by atoms with Crippen molar-refractivity contribution in [3.63, 3.8) is 0 Å². The highest BCUT2D eigenvalue weighted by atomic mass is 35.5. The summed E-state index contributed by atoms with van der Waals surface area (Å²) in [5, 5.41) is 9.35. The first-order valence-electron chi connectivity index (χ1n) is 3.78. The van der Waals surface area contributed by atoms with E-state index in [-0.39, 0.29) is 6.61 Å². The maximum absolute atomic E-state index is 8.50. The third-order valence-electron chi connectivity index (χ3n) is 1.32. The van der Waals surface area contributed by atoms with Crippen LogP contribution < -0.4 is 4.74 Å². The summed E-state index contributed by atoms with van der Waals surface area (Å²) >= 11 is 11.4. The fourth-order valence-electron chi connectivity index (χ4n) is 0.742. The second kappa shape index (κ2) is 5.27. The van der Waals surface area contributed by atoms with E-state index in [9.17, 15) is 0 Å². The molecule has 1 N–H and O–H groups in total. The summed E-state index contributed by atoms with van der Waals surface area (Å²) < 4.78 is 5.17. The molecule has 0 aromatic carbocycles. The summed E-state index contributed by atoms with van der Waals surface area (Å²) in [6, 6.07) is 1.56. The molecule has 0 saturated carbocycles. The van der Waals surface area contributed by atoms with Gasteiger partial charge in [-0.1, -0.05) is 23.2 Å². The number of aromatic nitrogens is 1. The molecule has 1 rings (SSSR count). The molecule has 0 radical (unpaired) electrons. The van der Waals surface area contributed by atoms with Crippen LogP contribution in [0.4, 0.5) is 0 Å². The minimum absolute atomic E-state index is 0.0885. The van der Waals surface area contributed by atoms with Crippen molar-refractivity contribution in [2.45, 2.75) is 6.42 Å². The molecule has 13 heavy (non-hydrogen) atoms. The van der Waals surface area contributed by atoms with Crippen molar-refractivity contribution in [3.8, 4) is 5.88 Å². The van der Waals surface area contributed by atoms with Crippen molar-refractivity contribution in [1.29, 1.82) is 0 Å². The van der Waals surface area contributed by atoms with Crippen LogP contribution in [-0.2, 0) is 0 Å². The van der Waals surface area contributed by atoms with Gasteiger partial charge in [-0.05, 0) is 6.07 Å². The lowest BCUT2D eigenvalue weighted by atomic mass is 10.4. The third-order valence-corrected chi connectivity index (χ3v) is 1.79. The summed E-state index contributed by atoms with van der Waals surface area (Å²) in [7, 11) is 0. The van der Waals surface area contributed by atoms with Crippen LogP contribution in [0.2, 0.25) is 10.0 Å². The molecule has 1 aromatic rings. The molecule has 3 nitrogen and oxygen atoms in total. The van der Waals surface area contributed by atoms with Gasteiger partial charge in [0.1, 0.15) is 5.02 Å². The van der Waals surface area contributed by atoms with Crippen LogP contribution in [0.25, 0.3) is 0 Å². The van der Waals surface area contributed by atoms with E-state index in [1.54, 1.807) is 6.07 Å². The van der Waals surface area contributed by atoms with Gasteiger partial charge >= 0.3 is 0 Å². The number of aliphatic hydroxyl groups excluding tert-OH is 1. The molecule has 1 aromatic heterocycles. The molecule has 0 atom stereocenters. The molecule has 5 heteroatoms. The Hall–Kier alpha value is -0.510. The second-order valence-corrected chi connectivity index (χ2v) is 3.21. The van der Waals surface area contributed by atoms with E-state index in [1.165, 1.54) is 6.20 Å². The van der Waals surface area contributed by atoms with Gasteiger partial charge in [-0.25, -0.2) is 4.98 Å². The Bertz CT molecular complexity index is 281. The van der Waals surface area contributed by atoms with Gasteiger partial charge in [0.15, 0.2) is 0 Å². The highest BCUT2D eigenvalue weighted by Gasteiger charge is 2.02. The predicted molar refractivity (Wildman–Crippen MR) is 51.5 cm³/mol. The van der Waals surface area contributed by atoms with Gasteiger partial charge in [0, 0.05) is 19.2 Å². The Balaban J connectivity index is 2.56. The van der Waals surface area contributed by atoms with Gasteiger partial charge in [-0.3, -0.25) is 0 Å². The molecule has 0 spiro atoms. The molecule has 0 amide bonds. The van der Waals surface area contributed by atoms with Gasteiger partial charge < -0.3 is 9.84 Å². The van der Waals surface area contributed by atoms with Crippen molar-refractivity contribution in [3.05, 3.63) is 22.3 Å². The zero-order valence-electron chi connectivity index (χ0n) is 6.83. The number of aliphatic hydroxyl groups is 1. The van der Waals surface area contributed by atoms with Crippen LogP contribution in [0.1, 0.15) is 6.42 Å². The highest BCUT2D eigenvalue weighted by Crippen LogP contribution is 2.24. The molecular weight excluding hydrogens is 213 g/mol. The van der Waals surface area contributed by atoms with Crippen LogP contribution in [0, 0.1) is 0 Å². The largest absolute Gasteiger partial charge is 0.477 e. The van der Waals surface area contributed by atoms with Crippen LogP contribution in [0.5, 0.6) is 5.88 Å². The van der Waals surface area contributed by atoms with Crippen LogP contribution in [0.15, 0.2) is 12.3 Å². The fourth-order valence-corrected chi connectivity index (χ4v) is 1.18. The fraction of sp³-hybridized carbons (Fsp3) is 0.375. The smallest absolute Gasteiger partial charge is 0.232 e. The van der Waals surface area contributed by atoms with E-state index in [0.717, 1.165) is 0 Å². The van der Waals surface area contributed by atoms with Crippen molar-refractivity contribution in [2.24, 2.45) is 0 Å². The Morgan fingerprint density at radius 1 is 1.46 bits per heavy atom. The number of rotatable bonds is 4. The lowest BCUT2D eigenvalue weighted by Crippen LogP contribution is -2.01. The number of halogens is 2. The monoisotopic (exact) mass is 221 g/mol. The molecule has 0 aliphatic carbocycles. The Labute approximate surface area is 86.3 Å². The SMILES string of the molecule is OCCCOc1ncc(Cl)cc1Cl. The van der Waals surface area contributed by atoms with E-state index >= 15 is 0 Å². The maximum Gasteiger partial charge on any atom is 0.232 e. The number of nitrogens with zero attached hydrogens (tertiary/aromatic N) is 1. The van der Waals surface area contributed by atoms with Gasteiger partial charge in [0.05, 0.1) is 11.6 Å². The Kier molecular flexibility index (Phi) is 4.28. The Morgan fingerprint density at radius 3 is 2.85 bits per heavy atom. The van der Waals surface area contributed by atoms with E-state index in [1.807, 2.05) is 0 Å². The van der Waals surface area contributed by atoms with Crippen LogP contribution >= 0.6 is 23.2 Å². The quantitative estimate of drug-likeness (QED) is 0.793. The first-order chi connectivity index (χ1) is 6.24. The van der Waals surface area contributed by atoms with E-state index in [4.69, 9.17) is 33.0 Å². The average molecular weight is 222 g/mol. The second-order valence-electron chi connectivity index (χ2n) is 2.37. The van der Waals surface area contributed by atoms with Gasteiger partial charge in [-0.2, -0.15) is 0 Å². The van der Waals surface area contributed by atoms with Crippen molar-refractivity contribution < 1.29 is 9.84 Å². The van der Waals surface area contributed by atoms with Crippen molar-refractivity contribution in [2.75, 3.05) is 13.2 Å². The van der Waals surface area contributed by atoms with E-state index < -0.39 is 0 Å². The summed E-state index contributed by atoms with van der Waals surface area (Å²) in [6.45, 7) is 0.482. The zero-order chi connectivity index (χ0) is 9.68. The lowest BCUT2D eigenvalue weighted by molar-refractivity contribution is 0.229. The first kappa shape index (κ1) is 10.6. The number of ether oxygens (including phenoxy) is 1. The van der Waals surface area contributed by atoms with Crippen LogP contribution in [-0.4, -0.2) is 23.3 Å². The molecule has 0 unspecified atom stereocenters. The molecule has 0 aliphatic heterocycles. The topological polar surface area (TPSA) is 42.4 Å². The zero-order valence-corrected chi connectivity index (χ0v) is 8.35. The van der Waals surface area contributed by atoms with Gasteiger partial charge in [0.25, 0.3) is 0 Å². The first-order valence-corrected chi connectivity index (χ1v) is 4.54. The third kappa shape index (κ3) is 3.38. The summed E-state index contributed by atoms with van der Waals surface area (Å²) in [4.78, 5) is 3.88. The van der Waals surface area contributed by atoms with Gasteiger partial charge in [-0.15, -0.1) is 0 Å². The summed E-state index contributed by atoms with van der Waals surface area (Å²) in [6.07, 6.45) is 2.02. The average Bonchev–Trinajstić information content (AvgIpc) is 2.09. The van der Waals surface area contributed by atoms with Crippen LogP contribution in [0.3, 0.4) is 0 Å². The minimum atomic E-state index is 0.0885. The minimum Gasteiger partial charge on any atom is -0.477 e. The summed E-state index contributed by atoms with van der Waals surface area (Å²) in [5.74, 6) is 0.347. The molecular formula is C8H9Cl2NO2. The Morgan fingerprint density at radius 2 is 2.23 bits per heavy atom. The number of hydrogen-bond donors (Lipinski definition) is 1. The number of pyridine rings is 1. The molecule has 1 heterocycles. The highest BCUT2D eigenvalue weighted by molar-refractivity contribution is 6.35. The lowest BCUT2D eigenvalue weighted by Gasteiger charge is -2.05. The molecule has 0 aliphatic rings. The van der Waals surface area contributed by atoms with Gasteiger partial charge in [0.2, 0.25) is 5.88 Å². The standard InChI is InChI=1S/C8H9Cl2NO2/c9-6-4-7(10)8(11-5-6)13-3-1-2-12/h4-5,12H,1-3H2. The number of hydrogen-bond acceptors (Lipinski definition) is 3.